The monoisotopic (exact) mass is 228 g/mol. The maximum Gasteiger partial charge on any atom is 0.107 e. The standard InChI is InChI=1S/C11H20N2OS/c1-13-11(9-12)5-3-4-10(8-11)15-7-6-14-2/h10,13H,3-8H2,1-2H3. The van der Waals surface area contributed by atoms with Crippen molar-refractivity contribution in [1.82, 2.24) is 5.32 Å². The zero-order valence-electron chi connectivity index (χ0n) is 9.58. The molecule has 1 aliphatic carbocycles. The maximum absolute atomic E-state index is 9.18. The molecule has 0 heterocycles. The Kier molecular flexibility index (Phi) is 5.44. The minimum atomic E-state index is -0.275. The van der Waals surface area contributed by atoms with Crippen LogP contribution in [0.2, 0.25) is 0 Å². The average molecular weight is 228 g/mol. The van der Waals surface area contributed by atoms with Crippen molar-refractivity contribution in [2.45, 2.75) is 36.5 Å². The second kappa shape index (κ2) is 6.37. The van der Waals surface area contributed by atoms with Crippen molar-refractivity contribution in [2.24, 2.45) is 0 Å². The van der Waals surface area contributed by atoms with Gasteiger partial charge in [-0.2, -0.15) is 17.0 Å². The molecule has 15 heavy (non-hydrogen) atoms. The molecule has 0 aromatic rings. The molecule has 1 N–H and O–H groups in total. The molecule has 0 spiro atoms. The van der Waals surface area contributed by atoms with Gasteiger partial charge in [-0.05, 0) is 32.7 Å². The topological polar surface area (TPSA) is 45.0 Å². The van der Waals surface area contributed by atoms with Crippen LogP contribution >= 0.6 is 11.8 Å². The van der Waals surface area contributed by atoms with Gasteiger partial charge in [0.25, 0.3) is 0 Å². The fourth-order valence-electron chi connectivity index (χ4n) is 2.05. The number of methoxy groups -OCH3 is 1. The first-order valence-corrected chi connectivity index (χ1v) is 6.52. The van der Waals surface area contributed by atoms with Gasteiger partial charge in [0, 0.05) is 18.1 Å². The van der Waals surface area contributed by atoms with Crippen LogP contribution in [0, 0.1) is 11.3 Å². The highest BCUT2D eigenvalue weighted by atomic mass is 32.2. The van der Waals surface area contributed by atoms with Crippen LogP contribution in [0.25, 0.3) is 0 Å². The first kappa shape index (κ1) is 12.8. The highest BCUT2D eigenvalue weighted by Crippen LogP contribution is 2.34. The molecule has 86 valence electrons. The van der Waals surface area contributed by atoms with Crippen LogP contribution in [0.4, 0.5) is 0 Å². The lowest BCUT2D eigenvalue weighted by atomic mass is 9.83. The minimum Gasteiger partial charge on any atom is -0.384 e. The molecule has 4 heteroatoms. The molecule has 1 saturated carbocycles. The van der Waals surface area contributed by atoms with E-state index >= 15 is 0 Å². The van der Waals surface area contributed by atoms with E-state index in [-0.39, 0.29) is 5.54 Å². The number of rotatable bonds is 5. The molecule has 1 fully saturated rings. The van der Waals surface area contributed by atoms with Crippen LogP contribution in [0.15, 0.2) is 0 Å². The molecular weight excluding hydrogens is 208 g/mol. The third-order valence-corrected chi connectivity index (χ3v) is 4.32. The van der Waals surface area contributed by atoms with Gasteiger partial charge in [-0.25, -0.2) is 0 Å². The Hall–Kier alpha value is -0.240. The molecule has 0 aliphatic heterocycles. The Labute approximate surface area is 96.6 Å². The van der Waals surface area contributed by atoms with E-state index in [9.17, 15) is 5.26 Å². The van der Waals surface area contributed by atoms with Crippen molar-refractivity contribution in [1.29, 1.82) is 5.26 Å². The van der Waals surface area contributed by atoms with Crippen LogP contribution in [0.3, 0.4) is 0 Å². The molecule has 0 aromatic heterocycles. The summed E-state index contributed by atoms with van der Waals surface area (Å²) in [7, 11) is 3.63. The number of thioether (sulfide) groups is 1. The molecule has 0 aromatic carbocycles. The first-order chi connectivity index (χ1) is 7.26. The number of nitrogens with zero attached hydrogens (tertiary/aromatic N) is 1. The summed E-state index contributed by atoms with van der Waals surface area (Å²) in [6.45, 7) is 0.806. The summed E-state index contributed by atoms with van der Waals surface area (Å²) in [5.41, 5.74) is -0.275. The molecule has 0 amide bonds. The average Bonchev–Trinajstić information content (AvgIpc) is 2.30. The number of ether oxygens (including phenoxy) is 1. The summed E-state index contributed by atoms with van der Waals surface area (Å²) in [5, 5.41) is 13.0. The molecule has 1 aliphatic rings. The van der Waals surface area contributed by atoms with Gasteiger partial charge in [-0.15, -0.1) is 0 Å². The number of hydrogen-bond donors (Lipinski definition) is 1. The zero-order valence-corrected chi connectivity index (χ0v) is 10.4. The van der Waals surface area contributed by atoms with Gasteiger partial charge >= 0.3 is 0 Å². The Morgan fingerprint density at radius 2 is 2.47 bits per heavy atom. The highest BCUT2D eigenvalue weighted by molar-refractivity contribution is 7.99. The molecule has 0 radical (unpaired) electrons. The van der Waals surface area contributed by atoms with Crippen molar-refractivity contribution < 1.29 is 4.74 Å². The minimum absolute atomic E-state index is 0.275. The van der Waals surface area contributed by atoms with Crippen LogP contribution < -0.4 is 5.32 Å². The van der Waals surface area contributed by atoms with Crippen LogP contribution in [0.5, 0.6) is 0 Å². The molecule has 0 saturated heterocycles. The summed E-state index contributed by atoms with van der Waals surface area (Å²) >= 11 is 1.94. The summed E-state index contributed by atoms with van der Waals surface area (Å²) in [4.78, 5) is 0. The van der Waals surface area contributed by atoms with E-state index in [0.717, 1.165) is 31.6 Å². The lowest BCUT2D eigenvalue weighted by Gasteiger charge is -2.35. The van der Waals surface area contributed by atoms with Gasteiger partial charge in [0.15, 0.2) is 0 Å². The predicted octanol–water partition coefficient (Wildman–Crippen LogP) is 1.79. The molecule has 2 unspecified atom stereocenters. The van der Waals surface area contributed by atoms with Gasteiger partial charge in [0.05, 0.1) is 12.7 Å². The zero-order chi connectivity index (χ0) is 11.1. The molecule has 0 bridgehead atoms. The van der Waals surface area contributed by atoms with Crippen molar-refractivity contribution in [3.63, 3.8) is 0 Å². The van der Waals surface area contributed by atoms with Crippen molar-refractivity contribution in [3.8, 4) is 6.07 Å². The Morgan fingerprint density at radius 1 is 1.67 bits per heavy atom. The van der Waals surface area contributed by atoms with Crippen molar-refractivity contribution >= 4 is 11.8 Å². The highest BCUT2D eigenvalue weighted by Gasteiger charge is 2.35. The first-order valence-electron chi connectivity index (χ1n) is 5.47. The fraction of sp³-hybridized carbons (Fsp3) is 0.909. The van der Waals surface area contributed by atoms with Gasteiger partial charge in [-0.3, -0.25) is 0 Å². The SMILES string of the molecule is CNC1(C#N)CCCC(SCCOC)C1. The molecular formula is C11H20N2OS. The molecule has 2 atom stereocenters. The van der Waals surface area contributed by atoms with Gasteiger partial charge < -0.3 is 10.1 Å². The van der Waals surface area contributed by atoms with E-state index in [0.29, 0.717) is 5.25 Å². The Morgan fingerprint density at radius 3 is 3.07 bits per heavy atom. The third kappa shape index (κ3) is 3.67. The second-order valence-electron chi connectivity index (χ2n) is 4.03. The van der Waals surface area contributed by atoms with Gasteiger partial charge in [-0.1, -0.05) is 0 Å². The van der Waals surface area contributed by atoms with Gasteiger partial charge in [0.1, 0.15) is 5.54 Å². The normalized spacial score (nSPS) is 31.1. The molecule has 1 rings (SSSR count). The van der Waals surface area contributed by atoms with E-state index < -0.39 is 0 Å². The summed E-state index contributed by atoms with van der Waals surface area (Å²) in [5.74, 6) is 1.03. The number of hydrogen-bond acceptors (Lipinski definition) is 4. The van der Waals surface area contributed by atoms with Crippen molar-refractivity contribution in [3.05, 3.63) is 0 Å². The summed E-state index contributed by atoms with van der Waals surface area (Å²) in [6, 6.07) is 2.43. The Bertz CT molecular complexity index is 229. The largest absolute Gasteiger partial charge is 0.384 e. The smallest absolute Gasteiger partial charge is 0.107 e. The summed E-state index contributed by atoms with van der Waals surface area (Å²) < 4.78 is 5.04. The Balaban J connectivity index is 2.38. The van der Waals surface area contributed by atoms with Crippen LogP contribution in [0.1, 0.15) is 25.7 Å². The van der Waals surface area contributed by atoms with Crippen molar-refractivity contribution in [2.75, 3.05) is 26.5 Å². The predicted molar refractivity (Wildman–Crippen MR) is 64.0 cm³/mol. The number of nitriles is 1. The van der Waals surface area contributed by atoms with E-state index in [2.05, 4.69) is 11.4 Å². The maximum atomic E-state index is 9.18. The van der Waals surface area contributed by atoms with E-state index in [1.807, 2.05) is 18.8 Å². The molecule has 3 nitrogen and oxygen atoms in total. The fourth-order valence-corrected chi connectivity index (χ4v) is 3.38. The van der Waals surface area contributed by atoms with E-state index in [1.54, 1.807) is 7.11 Å². The quantitative estimate of drug-likeness (QED) is 0.729. The lowest BCUT2D eigenvalue weighted by molar-refractivity contribution is 0.218. The van der Waals surface area contributed by atoms with Crippen LogP contribution in [-0.2, 0) is 4.74 Å². The summed E-state index contributed by atoms with van der Waals surface area (Å²) in [6.07, 6.45) is 4.34. The van der Waals surface area contributed by atoms with E-state index in [1.165, 1.54) is 6.42 Å². The van der Waals surface area contributed by atoms with E-state index in [4.69, 9.17) is 4.74 Å². The van der Waals surface area contributed by atoms with Gasteiger partial charge in [0.2, 0.25) is 0 Å². The van der Waals surface area contributed by atoms with Crippen LogP contribution in [-0.4, -0.2) is 37.3 Å². The third-order valence-electron chi connectivity index (χ3n) is 3.04. The number of nitrogens with one attached hydrogen (secondary N) is 1. The lowest BCUT2D eigenvalue weighted by Crippen LogP contribution is -2.46. The second-order valence-corrected chi connectivity index (χ2v) is 5.43.